The minimum absolute atomic E-state index is 0.0966. The molecule has 9 nitrogen and oxygen atoms in total. The predicted octanol–water partition coefficient (Wildman–Crippen LogP) is 3.88. The van der Waals surface area contributed by atoms with Gasteiger partial charge in [-0.3, -0.25) is 14.4 Å². The largest absolute Gasteiger partial charge is 0.496 e. The first-order valence-corrected chi connectivity index (χ1v) is 14.3. The van der Waals surface area contributed by atoms with E-state index in [2.05, 4.69) is 16.7 Å². The van der Waals surface area contributed by atoms with Crippen molar-refractivity contribution < 1.29 is 33.4 Å². The number of hydrogen-bond donors (Lipinski definition) is 3. The zero-order valence-electron chi connectivity index (χ0n) is 22.9. The van der Waals surface area contributed by atoms with Gasteiger partial charge in [0.25, 0.3) is 5.91 Å². The number of nitrogens with zero attached hydrogens (tertiary/aromatic N) is 1. The predicted molar refractivity (Wildman–Crippen MR) is 140 cm³/mol. The van der Waals surface area contributed by atoms with Gasteiger partial charge >= 0.3 is 5.97 Å². The molecule has 4 bridgehead atoms. The topological polar surface area (TPSA) is 138 Å². The maximum atomic E-state index is 14.0. The minimum atomic E-state index is -1.10. The van der Waals surface area contributed by atoms with Crippen LogP contribution < -0.4 is 20.1 Å². The van der Waals surface area contributed by atoms with Crippen molar-refractivity contribution in [3.63, 3.8) is 0 Å². The average Bonchev–Trinajstić information content (AvgIpc) is 3.50. The number of nitriles is 1. The van der Waals surface area contributed by atoms with Gasteiger partial charge in [-0.1, -0.05) is 0 Å². The first-order valence-electron chi connectivity index (χ1n) is 14.3. The summed E-state index contributed by atoms with van der Waals surface area (Å²) in [6, 6.07) is 4.77. The second kappa shape index (κ2) is 9.35. The van der Waals surface area contributed by atoms with Crippen LogP contribution >= 0.6 is 0 Å². The van der Waals surface area contributed by atoms with Crippen LogP contribution in [0.3, 0.4) is 0 Å². The molecule has 0 radical (unpaired) electrons. The molecule has 214 valence electrons. The monoisotopic (exact) mass is 553 g/mol. The highest BCUT2D eigenvalue weighted by molar-refractivity contribution is 5.98. The Hall–Kier alpha value is -3.35. The number of amides is 2. The van der Waals surface area contributed by atoms with E-state index in [1.54, 1.807) is 6.92 Å². The Balaban J connectivity index is 1.18. The first-order chi connectivity index (χ1) is 19.0. The number of fused-ring (bicyclic) bond motifs is 2. The molecule has 40 heavy (non-hydrogen) atoms. The molecule has 1 aromatic rings. The fourth-order valence-electron chi connectivity index (χ4n) is 8.08. The van der Waals surface area contributed by atoms with Crippen LogP contribution in [0.2, 0.25) is 0 Å². The van der Waals surface area contributed by atoms with Gasteiger partial charge in [0.15, 0.2) is 0 Å². The summed E-state index contributed by atoms with van der Waals surface area (Å²) in [4.78, 5) is 38.6. The third kappa shape index (κ3) is 4.38. The molecule has 3 N–H and O–H groups in total. The zero-order valence-corrected chi connectivity index (χ0v) is 22.9. The van der Waals surface area contributed by atoms with E-state index in [0.717, 1.165) is 19.3 Å². The molecule has 6 fully saturated rings. The lowest BCUT2D eigenvalue weighted by molar-refractivity contribution is -0.177. The van der Waals surface area contributed by atoms with Crippen molar-refractivity contribution >= 4 is 17.8 Å². The number of aliphatic carboxylic acids is 1. The number of hydrogen-bond acceptors (Lipinski definition) is 6. The van der Waals surface area contributed by atoms with Gasteiger partial charge in [0.05, 0.1) is 35.7 Å². The van der Waals surface area contributed by atoms with Crippen molar-refractivity contribution in [1.82, 2.24) is 10.6 Å². The fourth-order valence-corrected chi connectivity index (χ4v) is 8.08. The molecule has 6 aliphatic rings. The van der Waals surface area contributed by atoms with Crippen molar-refractivity contribution in [2.75, 3.05) is 7.11 Å². The third-order valence-corrected chi connectivity index (χ3v) is 10.4. The summed E-state index contributed by atoms with van der Waals surface area (Å²) in [6.45, 7) is 1.73. The number of benzene rings is 1. The fraction of sp³-hybridized carbons (Fsp3) is 0.667. The molecule has 1 aromatic carbocycles. The van der Waals surface area contributed by atoms with Gasteiger partial charge in [0.2, 0.25) is 5.91 Å². The van der Waals surface area contributed by atoms with Gasteiger partial charge in [0.1, 0.15) is 23.2 Å². The molecule has 10 heteroatoms. The SMILES string of the molecule is COc1cc(C#N)c(OC2CCC(C)(C(=O)O)CC2)cc1C(=O)NC1C2CCC(C2)C1C(=O)NC12CC(F)(C1)C2. The van der Waals surface area contributed by atoms with Crippen LogP contribution in [0.1, 0.15) is 87.1 Å². The number of carbonyl (C=O) groups excluding carboxylic acids is 2. The number of alkyl halides is 1. The number of methoxy groups -OCH3 is 1. The molecule has 0 spiro atoms. The Bertz CT molecular complexity index is 1280. The zero-order chi connectivity index (χ0) is 28.4. The Labute approximate surface area is 232 Å². The van der Waals surface area contributed by atoms with Gasteiger partial charge in [0, 0.05) is 36.9 Å². The van der Waals surface area contributed by atoms with E-state index in [0.29, 0.717) is 44.9 Å². The molecule has 6 aliphatic carbocycles. The summed E-state index contributed by atoms with van der Waals surface area (Å²) >= 11 is 0. The number of carboxylic acid groups (broad SMARTS) is 1. The Kier molecular flexibility index (Phi) is 6.28. The van der Waals surface area contributed by atoms with Crippen LogP contribution in [0.4, 0.5) is 4.39 Å². The Morgan fingerprint density at radius 3 is 2.35 bits per heavy atom. The Morgan fingerprint density at radius 2 is 1.75 bits per heavy atom. The molecule has 4 atom stereocenters. The van der Waals surface area contributed by atoms with Gasteiger partial charge in [-0.2, -0.15) is 5.26 Å². The number of carbonyl (C=O) groups is 3. The number of halogens is 1. The second-order valence-electron chi connectivity index (χ2n) is 13.2. The summed E-state index contributed by atoms with van der Waals surface area (Å²) in [5.41, 5.74) is -1.87. The summed E-state index contributed by atoms with van der Waals surface area (Å²) < 4.78 is 25.7. The summed E-state index contributed by atoms with van der Waals surface area (Å²) in [5.74, 6) is -0.827. The molecule has 0 heterocycles. The van der Waals surface area contributed by atoms with Gasteiger partial charge in [-0.05, 0) is 69.8 Å². The molecule has 7 rings (SSSR count). The molecule has 0 saturated heterocycles. The van der Waals surface area contributed by atoms with E-state index in [1.165, 1.54) is 19.2 Å². The molecular weight excluding hydrogens is 517 g/mol. The lowest BCUT2D eigenvalue weighted by Crippen LogP contribution is -2.77. The molecular formula is C30H36FN3O6. The van der Waals surface area contributed by atoms with E-state index in [4.69, 9.17) is 9.47 Å². The van der Waals surface area contributed by atoms with Crippen LogP contribution in [0, 0.1) is 34.5 Å². The molecule has 6 saturated carbocycles. The standard InChI is InChI=1S/C30H36FN3O6/c1-28(27(37)38)7-5-19(6-8-28)40-21-11-20(22(39-2)10-18(21)12-32)25(35)33-24-17-4-3-16(9-17)23(24)26(36)34-30-13-29(31,14-30)15-30/h10-11,16-17,19,23-24H,3-9,13-15H2,1-2H3,(H,33,35)(H,34,36)(H,37,38). The third-order valence-electron chi connectivity index (χ3n) is 10.4. The van der Waals surface area contributed by atoms with Crippen LogP contribution in [-0.4, -0.2) is 53.4 Å². The van der Waals surface area contributed by atoms with Crippen molar-refractivity contribution in [2.45, 2.75) is 94.5 Å². The van der Waals surface area contributed by atoms with Crippen LogP contribution in [0.5, 0.6) is 11.5 Å². The van der Waals surface area contributed by atoms with Crippen LogP contribution in [0.15, 0.2) is 12.1 Å². The highest BCUT2D eigenvalue weighted by atomic mass is 19.1. The summed E-state index contributed by atoms with van der Waals surface area (Å²) in [5, 5.41) is 25.5. The quantitative estimate of drug-likeness (QED) is 0.444. The van der Waals surface area contributed by atoms with Gasteiger partial charge < -0.3 is 25.2 Å². The highest BCUT2D eigenvalue weighted by Crippen LogP contribution is 2.63. The van der Waals surface area contributed by atoms with E-state index >= 15 is 0 Å². The Morgan fingerprint density at radius 1 is 1.07 bits per heavy atom. The van der Waals surface area contributed by atoms with Gasteiger partial charge in [-0.25, -0.2) is 4.39 Å². The van der Waals surface area contributed by atoms with Gasteiger partial charge in [-0.15, -0.1) is 0 Å². The van der Waals surface area contributed by atoms with E-state index in [9.17, 15) is 29.1 Å². The van der Waals surface area contributed by atoms with Crippen LogP contribution in [0.25, 0.3) is 0 Å². The van der Waals surface area contributed by atoms with E-state index < -0.39 is 28.5 Å². The number of ether oxygens (including phenoxy) is 2. The summed E-state index contributed by atoms with van der Waals surface area (Å²) in [6.07, 6.45) is 5.58. The smallest absolute Gasteiger partial charge is 0.309 e. The van der Waals surface area contributed by atoms with E-state index in [-0.39, 0.29) is 58.4 Å². The lowest BCUT2D eigenvalue weighted by atomic mass is 9.47. The normalized spacial score (nSPS) is 38.8. The molecule has 0 aliphatic heterocycles. The summed E-state index contributed by atoms with van der Waals surface area (Å²) in [7, 11) is 1.43. The van der Waals surface area contributed by atoms with Crippen molar-refractivity contribution in [3.05, 3.63) is 23.3 Å². The minimum Gasteiger partial charge on any atom is -0.496 e. The maximum absolute atomic E-state index is 14.0. The number of nitrogens with one attached hydrogen (secondary N) is 2. The van der Waals surface area contributed by atoms with Crippen molar-refractivity contribution in [1.29, 1.82) is 5.26 Å². The van der Waals surface area contributed by atoms with Crippen molar-refractivity contribution in [2.24, 2.45) is 23.2 Å². The highest BCUT2D eigenvalue weighted by Gasteiger charge is 2.70. The number of carboxylic acids is 1. The van der Waals surface area contributed by atoms with E-state index in [1.807, 2.05) is 0 Å². The molecule has 4 unspecified atom stereocenters. The van der Waals surface area contributed by atoms with Crippen molar-refractivity contribution in [3.8, 4) is 17.6 Å². The number of rotatable bonds is 8. The first kappa shape index (κ1) is 26.9. The maximum Gasteiger partial charge on any atom is 0.309 e. The molecule has 2 amide bonds. The lowest BCUT2D eigenvalue weighted by Gasteiger charge is -2.66. The second-order valence-corrected chi connectivity index (χ2v) is 13.2. The average molecular weight is 554 g/mol. The molecule has 0 aromatic heterocycles. The van der Waals surface area contributed by atoms with Crippen LogP contribution in [-0.2, 0) is 9.59 Å².